The number of hydrogen-bond acceptors (Lipinski definition) is 3. The molecule has 0 fully saturated rings. The lowest BCUT2D eigenvalue weighted by Crippen LogP contribution is -2.41. The zero-order chi connectivity index (χ0) is 12.8. The summed E-state index contributed by atoms with van der Waals surface area (Å²) in [4.78, 5) is 25.4. The van der Waals surface area contributed by atoms with E-state index in [1.165, 1.54) is 12.3 Å². The molecule has 1 amide bonds. The Hall–Kier alpha value is -1.62. The molecule has 0 bridgehead atoms. The maximum atomic E-state index is 11.8. The summed E-state index contributed by atoms with van der Waals surface area (Å²) in [6.07, 6.45) is 2.28. The molecule has 1 atom stereocenters. The van der Waals surface area contributed by atoms with Gasteiger partial charge in [0.2, 0.25) is 5.56 Å². The van der Waals surface area contributed by atoms with Gasteiger partial charge in [0.15, 0.2) is 0 Å². The number of carbonyl (C=O) groups excluding carboxylic acids is 1. The SMILES string of the molecule is CC(C)CC(CN)NC(=O)c1cc[nH]c(=O)c1. The van der Waals surface area contributed by atoms with Gasteiger partial charge in [-0.2, -0.15) is 0 Å². The maximum Gasteiger partial charge on any atom is 0.251 e. The van der Waals surface area contributed by atoms with Crippen LogP contribution >= 0.6 is 0 Å². The first kappa shape index (κ1) is 13.4. The number of rotatable bonds is 5. The van der Waals surface area contributed by atoms with Crippen LogP contribution in [0.2, 0.25) is 0 Å². The van der Waals surface area contributed by atoms with Crippen LogP contribution in [-0.2, 0) is 0 Å². The molecule has 0 saturated carbocycles. The van der Waals surface area contributed by atoms with Crippen molar-refractivity contribution in [1.29, 1.82) is 0 Å². The highest BCUT2D eigenvalue weighted by Crippen LogP contribution is 2.04. The van der Waals surface area contributed by atoms with E-state index in [4.69, 9.17) is 5.73 Å². The molecule has 0 aliphatic heterocycles. The fourth-order valence-corrected chi connectivity index (χ4v) is 1.64. The van der Waals surface area contributed by atoms with Gasteiger partial charge in [-0.15, -0.1) is 0 Å². The predicted molar refractivity (Wildman–Crippen MR) is 66.8 cm³/mol. The van der Waals surface area contributed by atoms with Crippen molar-refractivity contribution < 1.29 is 4.79 Å². The van der Waals surface area contributed by atoms with Crippen molar-refractivity contribution in [2.24, 2.45) is 11.7 Å². The average molecular weight is 237 g/mol. The molecule has 1 heterocycles. The first-order valence-corrected chi connectivity index (χ1v) is 5.72. The van der Waals surface area contributed by atoms with Crippen LogP contribution in [0, 0.1) is 5.92 Å². The second kappa shape index (κ2) is 6.20. The monoisotopic (exact) mass is 237 g/mol. The van der Waals surface area contributed by atoms with Crippen molar-refractivity contribution >= 4 is 5.91 Å². The third kappa shape index (κ3) is 4.40. The van der Waals surface area contributed by atoms with E-state index in [1.54, 1.807) is 6.07 Å². The second-order valence-corrected chi connectivity index (χ2v) is 4.48. The van der Waals surface area contributed by atoms with E-state index in [1.807, 2.05) is 0 Å². The van der Waals surface area contributed by atoms with E-state index in [-0.39, 0.29) is 17.5 Å². The summed E-state index contributed by atoms with van der Waals surface area (Å²) in [5.74, 6) is 0.204. The Morgan fingerprint density at radius 2 is 2.24 bits per heavy atom. The summed E-state index contributed by atoms with van der Waals surface area (Å²) in [6, 6.07) is 2.79. The van der Waals surface area contributed by atoms with Crippen molar-refractivity contribution in [2.75, 3.05) is 6.54 Å². The molecule has 4 N–H and O–H groups in total. The Labute approximate surface area is 100 Å². The van der Waals surface area contributed by atoms with Gasteiger partial charge >= 0.3 is 0 Å². The maximum absolute atomic E-state index is 11.8. The Balaban J connectivity index is 2.67. The largest absolute Gasteiger partial charge is 0.348 e. The third-order valence-electron chi connectivity index (χ3n) is 2.41. The Bertz CT molecular complexity index is 426. The molecule has 1 aromatic heterocycles. The molecule has 1 aromatic rings. The minimum absolute atomic E-state index is 0.0539. The van der Waals surface area contributed by atoms with Gasteiger partial charge < -0.3 is 16.0 Å². The van der Waals surface area contributed by atoms with Crippen LogP contribution in [0.4, 0.5) is 0 Å². The van der Waals surface area contributed by atoms with Crippen molar-refractivity contribution in [1.82, 2.24) is 10.3 Å². The molecule has 94 valence electrons. The van der Waals surface area contributed by atoms with Crippen LogP contribution in [0.1, 0.15) is 30.6 Å². The van der Waals surface area contributed by atoms with Gasteiger partial charge in [0.1, 0.15) is 0 Å². The minimum atomic E-state index is -0.286. The number of nitrogens with one attached hydrogen (secondary N) is 2. The van der Waals surface area contributed by atoms with Gasteiger partial charge in [-0.25, -0.2) is 0 Å². The van der Waals surface area contributed by atoms with Crippen molar-refractivity contribution in [3.63, 3.8) is 0 Å². The number of aromatic amines is 1. The number of amides is 1. The Kier molecular flexibility index (Phi) is 4.90. The summed E-state index contributed by atoms with van der Waals surface area (Å²) in [5.41, 5.74) is 5.67. The van der Waals surface area contributed by atoms with Crippen LogP contribution in [0.25, 0.3) is 0 Å². The third-order valence-corrected chi connectivity index (χ3v) is 2.41. The van der Waals surface area contributed by atoms with E-state index in [9.17, 15) is 9.59 Å². The number of H-pyrrole nitrogens is 1. The average Bonchev–Trinajstić information content (AvgIpc) is 2.27. The molecular formula is C12H19N3O2. The number of carbonyl (C=O) groups is 1. The normalized spacial score (nSPS) is 12.5. The molecule has 0 aliphatic rings. The molecular weight excluding hydrogens is 218 g/mol. The van der Waals surface area contributed by atoms with Crippen LogP contribution in [0.15, 0.2) is 23.1 Å². The molecule has 0 aromatic carbocycles. The van der Waals surface area contributed by atoms with Crippen molar-refractivity contribution in [3.8, 4) is 0 Å². The van der Waals surface area contributed by atoms with E-state index in [2.05, 4.69) is 24.1 Å². The molecule has 1 unspecified atom stereocenters. The fourth-order valence-electron chi connectivity index (χ4n) is 1.64. The van der Waals surface area contributed by atoms with E-state index < -0.39 is 0 Å². The Morgan fingerprint density at radius 3 is 2.76 bits per heavy atom. The molecule has 0 aliphatic carbocycles. The lowest BCUT2D eigenvalue weighted by Gasteiger charge is -2.18. The summed E-state index contributed by atoms with van der Waals surface area (Å²) in [7, 11) is 0. The minimum Gasteiger partial charge on any atom is -0.348 e. The van der Waals surface area contributed by atoms with Gasteiger partial charge in [0, 0.05) is 30.4 Å². The Morgan fingerprint density at radius 1 is 1.53 bits per heavy atom. The van der Waals surface area contributed by atoms with Crippen LogP contribution in [0.3, 0.4) is 0 Å². The fraction of sp³-hybridized carbons (Fsp3) is 0.500. The number of pyridine rings is 1. The first-order valence-electron chi connectivity index (χ1n) is 5.72. The smallest absolute Gasteiger partial charge is 0.251 e. The van der Waals surface area contributed by atoms with Crippen LogP contribution in [-0.4, -0.2) is 23.5 Å². The topological polar surface area (TPSA) is 88.0 Å². The van der Waals surface area contributed by atoms with Crippen LogP contribution in [0.5, 0.6) is 0 Å². The van der Waals surface area contributed by atoms with Crippen molar-refractivity contribution in [3.05, 3.63) is 34.2 Å². The summed E-state index contributed by atoms with van der Waals surface area (Å²) >= 11 is 0. The lowest BCUT2D eigenvalue weighted by atomic mass is 10.0. The highest BCUT2D eigenvalue weighted by molar-refractivity contribution is 5.94. The zero-order valence-electron chi connectivity index (χ0n) is 10.2. The molecule has 5 nitrogen and oxygen atoms in total. The van der Waals surface area contributed by atoms with Gasteiger partial charge in [-0.3, -0.25) is 9.59 Å². The molecule has 0 radical (unpaired) electrons. The molecule has 0 spiro atoms. The highest BCUT2D eigenvalue weighted by atomic mass is 16.2. The lowest BCUT2D eigenvalue weighted by molar-refractivity contribution is 0.0933. The summed E-state index contributed by atoms with van der Waals surface area (Å²) in [5, 5.41) is 2.82. The van der Waals surface area contributed by atoms with Gasteiger partial charge in [0.25, 0.3) is 5.91 Å². The van der Waals surface area contributed by atoms with Gasteiger partial charge in [0.05, 0.1) is 0 Å². The number of nitrogens with two attached hydrogens (primary N) is 1. The molecule has 0 saturated heterocycles. The highest BCUT2D eigenvalue weighted by Gasteiger charge is 2.13. The van der Waals surface area contributed by atoms with Crippen LogP contribution < -0.4 is 16.6 Å². The predicted octanol–water partition coefficient (Wildman–Crippen LogP) is 0.478. The standard InChI is InChI=1S/C12H19N3O2/c1-8(2)5-10(7-13)15-12(17)9-3-4-14-11(16)6-9/h3-4,6,8,10H,5,7,13H2,1-2H3,(H,14,16)(H,15,17). The van der Waals surface area contributed by atoms with E-state index >= 15 is 0 Å². The second-order valence-electron chi connectivity index (χ2n) is 4.48. The summed E-state index contributed by atoms with van der Waals surface area (Å²) in [6.45, 7) is 4.54. The molecule has 5 heteroatoms. The van der Waals surface area contributed by atoms with Crippen molar-refractivity contribution in [2.45, 2.75) is 26.3 Å². The summed E-state index contributed by atoms with van der Waals surface area (Å²) < 4.78 is 0. The van der Waals surface area contributed by atoms with E-state index in [0.717, 1.165) is 6.42 Å². The molecule has 1 rings (SSSR count). The van der Waals surface area contributed by atoms with Gasteiger partial charge in [-0.1, -0.05) is 13.8 Å². The first-order chi connectivity index (χ1) is 8.02. The number of hydrogen-bond donors (Lipinski definition) is 3. The zero-order valence-corrected chi connectivity index (χ0v) is 10.2. The number of aromatic nitrogens is 1. The van der Waals surface area contributed by atoms with E-state index in [0.29, 0.717) is 18.0 Å². The molecule has 17 heavy (non-hydrogen) atoms. The quantitative estimate of drug-likeness (QED) is 0.696. The van der Waals surface area contributed by atoms with Gasteiger partial charge in [-0.05, 0) is 18.4 Å².